The number of fused-ring (bicyclic) bond motifs is 2. The quantitative estimate of drug-likeness (QED) is 0.895. The number of hydrogen-bond acceptors (Lipinski definition) is 3. The number of nitrogens with zero attached hydrogens (tertiary/aromatic N) is 1. The van der Waals surface area contributed by atoms with Gasteiger partial charge in [0.2, 0.25) is 0 Å². The first-order valence-electron chi connectivity index (χ1n) is 6.75. The van der Waals surface area contributed by atoms with Crippen molar-refractivity contribution in [1.29, 1.82) is 0 Å². The van der Waals surface area contributed by atoms with Crippen LogP contribution in [0.1, 0.15) is 23.7 Å². The molecule has 0 bridgehead atoms. The number of halogens is 2. The summed E-state index contributed by atoms with van der Waals surface area (Å²) in [5, 5.41) is 5.67. The molecule has 20 heavy (non-hydrogen) atoms. The standard InChI is InChI=1S/C15H16Cl2N2O/c1-3-18-14-9-7-20-5-4-11(9)19-15-10(16)6-8(2)13(17)12(14)15/h6H,3-5,7H2,1-2H3,(H,18,19). The molecule has 3 rings (SSSR count). The van der Waals surface area contributed by atoms with E-state index in [4.69, 9.17) is 32.9 Å². The minimum atomic E-state index is 0.572. The minimum absolute atomic E-state index is 0.572. The maximum Gasteiger partial charge on any atom is 0.0927 e. The van der Waals surface area contributed by atoms with Gasteiger partial charge in [-0.2, -0.15) is 0 Å². The van der Waals surface area contributed by atoms with E-state index in [1.165, 1.54) is 0 Å². The Labute approximate surface area is 128 Å². The SMILES string of the molecule is CCNc1c2c(nc3c(Cl)cc(C)c(Cl)c13)CCOC2. The summed E-state index contributed by atoms with van der Waals surface area (Å²) in [4.78, 5) is 4.72. The predicted molar refractivity (Wildman–Crippen MR) is 84.0 cm³/mol. The molecule has 0 saturated heterocycles. The summed E-state index contributed by atoms with van der Waals surface area (Å²) in [5.74, 6) is 0. The minimum Gasteiger partial charge on any atom is -0.384 e. The van der Waals surface area contributed by atoms with E-state index >= 15 is 0 Å². The lowest BCUT2D eigenvalue weighted by Gasteiger charge is -2.23. The van der Waals surface area contributed by atoms with E-state index in [1.54, 1.807) is 0 Å². The predicted octanol–water partition coefficient (Wildman–Crippen LogP) is 4.35. The lowest BCUT2D eigenvalue weighted by molar-refractivity contribution is 0.110. The molecule has 0 unspecified atom stereocenters. The molecule has 0 saturated carbocycles. The number of nitrogens with one attached hydrogen (secondary N) is 1. The van der Waals surface area contributed by atoms with Gasteiger partial charge in [0, 0.05) is 23.9 Å². The second-order valence-corrected chi connectivity index (χ2v) is 5.74. The average Bonchev–Trinajstić information content (AvgIpc) is 2.45. The van der Waals surface area contributed by atoms with Gasteiger partial charge in [-0.05, 0) is 25.5 Å². The van der Waals surface area contributed by atoms with Crippen LogP contribution in [0, 0.1) is 6.92 Å². The number of hydrogen-bond donors (Lipinski definition) is 1. The molecule has 0 aliphatic carbocycles. The molecule has 1 N–H and O–H groups in total. The van der Waals surface area contributed by atoms with E-state index in [-0.39, 0.29) is 0 Å². The van der Waals surface area contributed by atoms with Crippen LogP contribution in [-0.4, -0.2) is 18.1 Å². The number of aryl methyl sites for hydroxylation is 1. The summed E-state index contributed by atoms with van der Waals surface area (Å²) < 4.78 is 5.58. The third-order valence-corrected chi connectivity index (χ3v) is 4.38. The Bertz CT molecular complexity index is 686. The zero-order valence-corrected chi connectivity index (χ0v) is 13.0. The van der Waals surface area contributed by atoms with Gasteiger partial charge < -0.3 is 10.1 Å². The maximum absolute atomic E-state index is 6.50. The largest absolute Gasteiger partial charge is 0.384 e. The van der Waals surface area contributed by atoms with E-state index < -0.39 is 0 Å². The topological polar surface area (TPSA) is 34.2 Å². The first kappa shape index (κ1) is 13.9. The Balaban J connectivity index is 2.42. The zero-order chi connectivity index (χ0) is 14.3. The third kappa shape index (κ3) is 2.14. The Morgan fingerprint density at radius 1 is 1.40 bits per heavy atom. The molecule has 5 heteroatoms. The van der Waals surface area contributed by atoms with Crippen LogP contribution in [-0.2, 0) is 17.8 Å². The van der Waals surface area contributed by atoms with Gasteiger partial charge in [-0.3, -0.25) is 4.98 Å². The first-order valence-corrected chi connectivity index (χ1v) is 7.50. The summed E-state index contributed by atoms with van der Waals surface area (Å²) in [5.41, 5.74) is 4.92. The van der Waals surface area contributed by atoms with Gasteiger partial charge in [0.25, 0.3) is 0 Å². The van der Waals surface area contributed by atoms with Crippen LogP contribution in [0.5, 0.6) is 0 Å². The number of aromatic nitrogens is 1. The van der Waals surface area contributed by atoms with Gasteiger partial charge in [-0.1, -0.05) is 23.2 Å². The molecule has 0 amide bonds. The van der Waals surface area contributed by atoms with E-state index in [0.29, 0.717) is 23.3 Å². The highest BCUT2D eigenvalue weighted by Gasteiger charge is 2.21. The molecule has 106 valence electrons. The summed E-state index contributed by atoms with van der Waals surface area (Å²) in [6.45, 7) is 6.11. The molecule has 1 aromatic carbocycles. The Hall–Kier alpha value is -1.03. The number of benzene rings is 1. The van der Waals surface area contributed by atoms with Gasteiger partial charge in [0.15, 0.2) is 0 Å². The molecular formula is C15H16Cl2N2O. The molecule has 2 aromatic rings. The average molecular weight is 311 g/mol. The fourth-order valence-corrected chi connectivity index (χ4v) is 3.19. The van der Waals surface area contributed by atoms with Crippen LogP contribution >= 0.6 is 23.2 Å². The lowest BCUT2D eigenvalue weighted by atomic mass is 10.0. The van der Waals surface area contributed by atoms with Crippen LogP contribution < -0.4 is 5.32 Å². The van der Waals surface area contributed by atoms with Gasteiger partial charge in [-0.25, -0.2) is 0 Å². The highest BCUT2D eigenvalue weighted by Crippen LogP contribution is 2.40. The highest BCUT2D eigenvalue weighted by atomic mass is 35.5. The van der Waals surface area contributed by atoms with Crippen molar-refractivity contribution >= 4 is 39.8 Å². The van der Waals surface area contributed by atoms with Crippen molar-refractivity contribution in [3.05, 3.63) is 32.9 Å². The summed E-state index contributed by atoms with van der Waals surface area (Å²) in [6, 6.07) is 1.88. The van der Waals surface area contributed by atoms with E-state index in [0.717, 1.165) is 46.4 Å². The normalized spacial score (nSPS) is 14.4. The molecule has 0 spiro atoms. The molecule has 1 aliphatic heterocycles. The van der Waals surface area contributed by atoms with Crippen LogP contribution in [0.2, 0.25) is 10.0 Å². The molecule has 0 atom stereocenters. The molecular weight excluding hydrogens is 295 g/mol. The van der Waals surface area contributed by atoms with E-state index in [9.17, 15) is 0 Å². The molecule has 1 aliphatic rings. The number of ether oxygens (including phenoxy) is 1. The zero-order valence-electron chi connectivity index (χ0n) is 11.5. The number of anilines is 1. The van der Waals surface area contributed by atoms with Crippen molar-refractivity contribution < 1.29 is 4.74 Å². The fraction of sp³-hybridized carbons (Fsp3) is 0.400. The van der Waals surface area contributed by atoms with Gasteiger partial charge in [0.05, 0.1) is 40.2 Å². The van der Waals surface area contributed by atoms with Crippen molar-refractivity contribution in [1.82, 2.24) is 4.98 Å². The van der Waals surface area contributed by atoms with Crippen LogP contribution in [0.3, 0.4) is 0 Å². The molecule has 3 nitrogen and oxygen atoms in total. The van der Waals surface area contributed by atoms with Gasteiger partial charge in [0.1, 0.15) is 0 Å². The monoisotopic (exact) mass is 310 g/mol. The molecule has 2 heterocycles. The summed E-state index contributed by atoms with van der Waals surface area (Å²) >= 11 is 12.9. The molecule has 0 fully saturated rings. The lowest BCUT2D eigenvalue weighted by Crippen LogP contribution is -2.15. The van der Waals surface area contributed by atoms with Crippen molar-refractivity contribution in [3.63, 3.8) is 0 Å². The van der Waals surface area contributed by atoms with Crippen molar-refractivity contribution in [3.8, 4) is 0 Å². The summed E-state index contributed by atoms with van der Waals surface area (Å²) in [7, 11) is 0. The Kier molecular flexibility index (Phi) is 3.76. The smallest absolute Gasteiger partial charge is 0.0927 e. The van der Waals surface area contributed by atoms with Crippen LogP contribution in [0.25, 0.3) is 10.9 Å². The van der Waals surface area contributed by atoms with Crippen LogP contribution in [0.4, 0.5) is 5.69 Å². The van der Waals surface area contributed by atoms with E-state index in [2.05, 4.69) is 12.2 Å². The fourth-order valence-electron chi connectivity index (χ4n) is 2.65. The van der Waals surface area contributed by atoms with Crippen molar-refractivity contribution in [2.45, 2.75) is 26.9 Å². The summed E-state index contributed by atoms with van der Waals surface area (Å²) in [6.07, 6.45) is 0.811. The Morgan fingerprint density at radius 3 is 2.95 bits per heavy atom. The van der Waals surface area contributed by atoms with Crippen molar-refractivity contribution in [2.75, 3.05) is 18.5 Å². The second-order valence-electron chi connectivity index (χ2n) is 4.96. The van der Waals surface area contributed by atoms with E-state index in [1.807, 2.05) is 13.0 Å². The highest BCUT2D eigenvalue weighted by molar-refractivity contribution is 6.41. The van der Waals surface area contributed by atoms with Gasteiger partial charge in [-0.15, -0.1) is 0 Å². The number of pyridine rings is 1. The van der Waals surface area contributed by atoms with Crippen molar-refractivity contribution in [2.24, 2.45) is 0 Å². The third-order valence-electron chi connectivity index (χ3n) is 3.60. The second kappa shape index (κ2) is 5.40. The Morgan fingerprint density at radius 2 is 2.20 bits per heavy atom. The number of rotatable bonds is 2. The molecule has 1 aromatic heterocycles. The van der Waals surface area contributed by atoms with Crippen LogP contribution in [0.15, 0.2) is 6.07 Å². The molecule has 0 radical (unpaired) electrons. The maximum atomic E-state index is 6.50. The first-order chi connectivity index (χ1) is 9.63. The van der Waals surface area contributed by atoms with Gasteiger partial charge >= 0.3 is 0 Å².